The Labute approximate surface area is 68.6 Å². The second-order valence-corrected chi connectivity index (χ2v) is 2.72. The van der Waals surface area contributed by atoms with Gasteiger partial charge in [0.15, 0.2) is 0 Å². The van der Waals surface area contributed by atoms with Gasteiger partial charge in [0, 0.05) is 24.1 Å². The third kappa shape index (κ3) is 0.812. The van der Waals surface area contributed by atoms with E-state index in [1.165, 1.54) is 12.2 Å². The summed E-state index contributed by atoms with van der Waals surface area (Å²) in [5.41, 5.74) is 1.67. The summed E-state index contributed by atoms with van der Waals surface area (Å²) in [5.74, 6) is 0.319. The minimum atomic E-state index is -0.435. The lowest BCUT2D eigenvalue weighted by Crippen LogP contribution is -2.15. The highest BCUT2D eigenvalue weighted by molar-refractivity contribution is 6.04. The Kier molecular flexibility index (Phi) is 1.24. The Morgan fingerprint density at radius 2 is 2.08 bits per heavy atom. The molecular weight excluding hydrogens is 158 g/mol. The number of allylic oxidation sites excluding steroid dienone is 5. The van der Waals surface area contributed by atoms with E-state index < -0.39 is 4.90 Å². The summed E-state index contributed by atoms with van der Waals surface area (Å²) < 4.78 is 0. The molecule has 2 aliphatic rings. The quantitative estimate of drug-likeness (QED) is 0.431. The van der Waals surface area contributed by atoms with Gasteiger partial charge in [0.1, 0.15) is 5.76 Å². The Morgan fingerprint density at radius 1 is 1.33 bits per heavy atom. The lowest BCUT2D eigenvalue weighted by molar-refractivity contribution is -0.377. The first-order valence-electron chi connectivity index (χ1n) is 3.51. The predicted octanol–water partition coefficient (Wildman–Crippen LogP) is 1.15. The molecule has 0 aromatic carbocycles. The van der Waals surface area contributed by atoms with Crippen LogP contribution in [0, 0.1) is 10.4 Å². The second kappa shape index (κ2) is 2.14. The molecule has 1 N–H and O–H groups in total. The van der Waals surface area contributed by atoms with E-state index in [4.69, 9.17) is 5.11 Å². The molecule has 0 saturated carbocycles. The van der Waals surface area contributed by atoms with Crippen molar-refractivity contribution >= 4 is 5.71 Å². The number of aliphatic hydroxyl groups excluding tert-OH is 1. The zero-order valence-corrected chi connectivity index (χ0v) is 6.15. The number of fused-ring (bicyclic) bond motifs is 1. The molecule has 0 heterocycles. The first kappa shape index (κ1) is 6.97. The van der Waals surface area contributed by atoms with Gasteiger partial charge in [-0.3, -0.25) is 0 Å². The van der Waals surface area contributed by atoms with Crippen LogP contribution in [0.3, 0.4) is 0 Å². The summed E-state index contributed by atoms with van der Waals surface area (Å²) in [5, 5.41) is 29.7. The molecule has 12 heavy (non-hydrogen) atoms. The Bertz CT molecular complexity index is 356. The molecule has 0 radical (unpaired) electrons. The normalized spacial score (nSPS) is 20.0. The largest absolute Gasteiger partial charge is 0.612 e. The molecule has 0 aromatic heterocycles. The minimum Gasteiger partial charge on any atom is -0.612 e. The van der Waals surface area contributed by atoms with Gasteiger partial charge in [0.25, 0.3) is 0 Å². The van der Waals surface area contributed by atoms with Crippen molar-refractivity contribution in [2.24, 2.45) is 0 Å². The van der Waals surface area contributed by atoms with Crippen LogP contribution in [0.2, 0.25) is 0 Å². The van der Waals surface area contributed by atoms with E-state index >= 15 is 0 Å². The van der Waals surface area contributed by atoms with Crippen LogP contribution in [-0.2, 0) is 0 Å². The highest BCUT2D eigenvalue weighted by Crippen LogP contribution is 2.35. The maximum atomic E-state index is 10.3. The van der Waals surface area contributed by atoms with Crippen molar-refractivity contribution in [3.05, 3.63) is 45.5 Å². The molecule has 0 fully saturated rings. The molecule has 0 amide bonds. The molecule has 0 aliphatic heterocycles. The van der Waals surface area contributed by atoms with Gasteiger partial charge in [0.2, 0.25) is 5.71 Å². The third-order valence-electron chi connectivity index (χ3n) is 1.97. The van der Waals surface area contributed by atoms with E-state index in [1.54, 1.807) is 6.08 Å². The zero-order valence-electron chi connectivity index (χ0n) is 6.15. The Hall–Kier alpha value is -1.71. The van der Waals surface area contributed by atoms with Crippen molar-refractivity contribution in [2.75, 3.05) is 0 Å². The van der Waals surface area contributed by atoms with Gasteiger partial charge in [-0.2, -0.15) is 4.90 Å². The van der Waals surface area contributed by atoms with E-state index in [0.717, 1.165) is 11.1 Å². The van der Waals surface area contributed by atoms with Gasteiger partial charge in [-0.25, -0.2) is 0 Å². The van der Waals surface area contributed by atoms with E-state index in [0.29, 0.717) is 12.2 Å². The minimum absolute atomic E-state index is 0.0845. The van der Waals surface area contributed by atoms with Crippen LogP contribution in [0.1, 0.15) is 6.42 Å². The predicted molar refractivity (Wildman–Crippen MR) is 43.5 cm³/mol. The topological polar surface area (TPSA) is 69.4 Å². The van der Waals surface area contributed by atoms with Crippen LogP contribution in [-0.4, -0.2) is 15.7 Å². The molecule has 62 valence electrons. The van der Waals surface area contributed by atoms with Crippen LogP contribution < -0.4 is 0 Å². The van der Waals surface area contributed by atoms with E-state index in [-0.39, 0.29) is 5.71 Å². The number of hydrogen-bond donors (Lipinski definition) is 1. The Morgan fingerprint density at radius 3 is 2.58 bits per heavy atom. The highest BCUT2D eigenvalue weighted by atomic mass is 16.8. The second-order valence-electron chi connectivity index (χ2n) is 2.72. The molecule has 0 unspecified atom stereocenters. The van der Waals surface area contributed by atoms with Gasteiger partial charge in [-0.05, 0) is 11.6 Å². The molecule has 0 atom stereocenters. The lowest BCUT2D eigenvalue weighted by atomic mass is 9.85. The average Bonchev–Trinajstić information content (AvgIpc) is 2.01. The summed E-state index contributed by atoms with van der Waals surface area (Å²) in [6.07, 6.45) is 4.92. The first-order valence-corrected chi connectivity index (χ1v) is 3.51. The summed E-state index contributed by atoms with van der Waals surface area (Å²) >= 11 is 0. The Balaban J connectivity index is 2.42. The molecular formula is C8H6NO3-. The highest BCUT2D eigenvalue weighted by Gasteiger charge is 2.24. The van der Waals surface area contributed by atoms with Crippen LogP contribution in [0.4, 0.5) is 0 Å². The molecule has 2 aliphatic carbocycles. The number of nitrogens with zero attached hydrogens (tertiary/aromatic N) is 1. The van der Waals surface area contributed by atoms with E-state index in [9.17, 15) is 10.4 Å². The summed E-state index contributed by atoms with van der Waals surface area (Å²) in [4.78, 5) is -0.435. The SMILES string of the molecule is [O-][N+]([O-])=C1C=CC2=C(O)CC2=C1. The maximum absolute atomic E-state index is 10.3. The van der Waals surface area contributed by atoms with Gasteiger partial charge in [-0.1, -0.05) is 0 Å². The molecule has 4 nitrogen and oxygen atoms in total. The fourth-order valence-corrected chi connectivity index (χ4v) is 1.29. The fourth-order valence-electron chi connectivity index (χ4n) is 1.29. The third-order valence-corrected chi connectivity index (χ3v) is 1.97. The zero-order chi connectivity index (χ0) is 8.72. The maximum Gasteiger partial charge on any atom is 0.223 e. The smallest absolute Gasteiger partial charge is 0.223 e. The summed E-state index contributed by atoms with van der Waals surface area (Å²) in [6, 6.07) is 0. The van der Waals surface area contributed by atoms with Crippen molar-refractivity contribution in [3.8, 4) is 0 Å². The van der Waals surface area contributed by atoms with Gasteiger partial charge in [-0.15, -0.1) is 0 Å². The van der Waals surface area contributed by atoms with Gasteiger partial charge < -0.3 is 15.5 Å². The molecule has 0 aromatic rings. The summed E-state index contributed by atoms with van der Waals surface area (Å²) in [6.45, 7) is 0. The molecule has 2 rings (SSSR count). The van der Waals surface area contributed by atoms with Crippen LogP contribution >= 0.6 is 0 Å². The van der Waals surface area contributed by atoms with Gasteiger partial charge in [0.05, 0.1) is 0 Å². The van der Waals surface area contributed by atoms with E-state index in [2.05, 4.69) is 0 Å². The summed E-state index contributed by atoms with van der Waals surface area (Å²) in [7, 11) is 0. The first-order chi connectivity index (χ1) is 5.68. The van der Waals surface area contributed by atoms with Gasteiger partial charge >= 0.3 is 0 Å². The number of rotatable bonds is 0. The number of aliphatic hydroxyl groups is 1. The monoisotopic (exact) mass is 164 g/mol. The molecule has 0 spiro atoms. The molecule has 4 heteroatoms. The average molecular weight is 164 g/mol. The van der Waals surface area contributed by atoms with Crippen LogP contribution in [0.5, 0.6) is 0 Å². The van der Waals surface area contributed by atoms with Crippen LogP contribution in [0.25, 0.3) is 0 Å². The van der Waals surface area contributed by atoms with Crippen molar-refractivity contribution in [1.82, 2.24) is 0 Å². The van der Waals surface area contributed by atoms with Crippen molar-refractivity contribution in [1.29, 1.82) is 0 Å². The molecule has 0 saturated heterocycles. The number of hydrogen-bond acceptors (Lipinski definition) is 3. The van der Waals surface area contributed by atoms with Crippen molar-refractivity contribution < 1.29 is 10.0 Å². The molecule has 0 bridgehead atoms. The van der Waals surface area contributed by atoms with Crippen molar-refractivity contribution in [2.45, 2.75) is 6.42 Å². The van der Waals surface area contributed by atoms with Crippen molar-refractivity contribution in [3.63, 3.8) is 0 Å². The van der Waals surface area contributed by atoms with E-state index in [1.807, 2.05) is 0 Å². The lowest BCUT2D eigenvalue weighted by Gasteiger charge is -2.22. The fraction of sp³-hybridized carbons (Fsp3) is 0.125. The van der Waals surface area contributed by atoms with Crippen LogP contribution in [0.15, 0.2) is 35.1 Å². The standard InChI is InChI=1S/C8H6NO3/c10-8-4-5-3-6(9(11)12)1-2-7(5)8/h1-3H,4H2,(H-,10,11,12)/q-1.